The maximum atomic E-state index is 13.0. The molecule has 0 N–H and O–H groups in total. The zero-order valence-corrected chi connectivity index (χ0v) is 10.9. The van der Waals surface area contributed by atoms with Crippen molar-refractivity contribution in [3.63, 3.8) is 0 Å². The Labute approximate surface area is 107 Å². The molecule has 0 spiro atoms. The van der Waals surface area contributed by atoms with Gasteiger partial charge in [0.1, 0.15) is 5.82 Å². The molecule has 1 aliphatic rings. The first-order valence-corrected chi connectivity index (χ1v) is 6.01. The van der Waals surface area contributed by atoms with Gasteiger partial charge < -0.3 is 9.64 Å². The number of nitrogens with zero attached hydrogens (tertiary/aromatic N) is 1. The Hall–Kier alpha value is -1.42. The van der Waals surface area contributed by atoms with Crippen molar-refractivity contribution in [1.29, 1.82) is 0 Å². The van der Waals surface area contributed by atoms with Crippen LogP contribution in [0.15, 0.2) is 24.3 Å². The van der Waals surface area contributed by atoms with Gasteiger partial charge in [-0.25, -0.2) is 4.39 Å². The molecule has 0 heterocycles. The lowest BCUT2D eigenvalue weighted by Crippen LogP contribution is -2.34. The summed E-state index contributed by atoms with van der Waals surface area (Å²) in [6, 6.07) is 6.27. The summed E-state index contributed by atoms with van der Waals surface area (Å²) in [6.45, 7) is 0. The van der Waals surface area contributed by atoms with Crippen molar-refractivity contribution in [2.75, 3.05) is 21.2 Å². The first-order chi connectivity index (χ1) is 8.51. The number of carbonyl (C=O) groups excluding carboxylic acids is 1. The van der Waals surface area contributed by atoms with E-state index in [1.165, 1.54) is 19.2 Å². The minimum atomic E-state index is -0.462. The Morgan fingerprint density at radius 1 is 1.33 bits per heavy atom. The van der Waals surface area contributed by atoms with Gasteiger partial charge in [0.15, 0.2) is 0 Å². The second kappa shape index (κ2) is 4.69. The lowest BCUT2D eigenvalue weighted by molar-refractivity contribution is -0.150. The molecular weight excluding hydrogens is 233 g/mol. The highest BCUT2D eigenvalue weighted by atomic mass is 19.1. The number of methoxy groups -OCH3 is 1. The van der Waals surface area contributed by atoms with Gasteiger partial charge in [-0.05, 0) is 44.6 Å². The standard InChI is InChI=1S/C14H18FNO2/c1-16(2)12(10-4-6-11(15)7-5-10)14(8-9-14)13(17)18-3/h4-7,12H,8-9H2,1-3H3. The van der Waals surface area contributed by atoms with Crippen molar-refractivity contribution in [1.82, 2.24) is 4.90 Å². The van der Waals surface area contributed by atoms with Gasteiger partial charge in [0.25, 0.3) is 0 Å². The molecule has 18 heavy (non-hydrogen) atoms. The molecule has 4 heteroatoms. The van der Waals surface area contributed by atoms with E-state index < -0.39 is 5.41 Å². The molecule has 0 aliphatic heterocycles. The number of ether oxygens (including phenoxy) is 1. The number of esters is 1. The van der Waals surface area contributed by atoms with Gasteiger partial charge in [-0.3, -0.25) is 4.79 Å². The quantitative estimate of drug-likeness (QED) is 0.769. The van der Waals surface area contributed by atoms with Crippen LogP contribution in [0.4, 0.5) is 4.39 Å². The van der Waals surface area contributed by atoms with Crippen LogP contribution in [0.2, 0.25) is 0 Å². The van der Waals surface area contributed by atoms with Crippen LogP contribution in [0.25, 0.3) is 0 Å². The maximum Gasteiger partial charge on any atom is 0.313 e. The molecule has 1 unspecified atom stereocenters. The number of rotatable bonds is 4. The average Bonchev–Trinajstić information content (AvgIpc) is 3.12. The second-order valence-corrected chi connectivity index (χ2v) is 5.07. The molecule has 0 amide bonds. The van der Waals surface area contributed by atoms with Gasteiger partial charge in [0.05, 0.1) is 18.6 Å². The Kier molecular flexibility index (Phi) is 3.39. The third-order valence-electron chi connectivity index (χ3n) is 3.61. The molecule has 1 aromatic carbocycles. The molecule has 3 nitrogen and oxygen atoms in total. The van der Waals surface area contributed by atoms with Crippen LogP contribution in [0.3, 0.4) is 0 Å². The van der Waals surface area contributed by atoms with Gasteiger partial charge in [0.2, 0.25) is 0 Å². The summed E-state index contributed by atoms with van der Waals surface area (Å²) >= 11 is 0. The first-order valence-electron chi connectivity index (χ1n) is 6.01. The maximum absolute atomic E-state index is 13.0. The van der Waals surface area contributed by atoms with Crippen molar-refractivity contribution in [2.24, 2.45) is 5.41 Å². The SMILES string of the molecule is COC(=O)C1(C(c2ccc(F)cc2)N(C)C)CC1. The van der Waals surface area contributed by atoms with Crippen LogP contribution < -0.4 is 0 Å². The summed E-state index contributed by atoms with van der Waals surface area (Å²) in [6.07, 6.45) is 1.64. The van der Waals surface area contributed by atoms with Gasteiger partial charge in [-0.15, -0.1) is 0 Å². The first kappa shape index (κ1) is 13.0. The molecule has 0 saturated heterocycles. The number of hydrogen-bond donors (Lipinski definition) is 0. The van der Waals surface area contributed by atoms with E-state index in [0.717, 1.165) is 18.4 Å². The van der Waals surface area contributed by atoms with Crippen molar-refractivity contribution in [2.45, 2.75) is 18.9 Å². The van der Waals surface area contributed by atoms with E-state index in [1.807, 2.05) is 19.0 Å². The lowest BCUT2D eigenvalue weighted by Gasteiger charge is -2.31. The van der Waals surface area contributed by atoms with Crippen molar-refractivity contribution >= 4 is 5.97 Å². The molecule has 2 rings (SSSR count). The summed E-state index contributed by atoms with van der Waals surface area (Å²) in [5.41, 5.74) is 0.486. The fourth-order valence-corrected chi connectivity index (χ4v) is 2.68. The Bertz CT molecular complexity index is 438. The summed E-state index contributed by atoms with van der Waals surface area (Å²) in [4.78, 5) is 14.0. The zero-order valence-electron chi connectivity index (χ0n) is 10.9. The fraction of sp³-hybridized carbons (Fsp3) is 0.500. The predicted molar refractivity (Wildman–Crippen MR) is 66.5 cm³/mol. The Morgan fingerprint density at radius 3 is 2.28 bits per heavy atom. The molecule has 0 aromatic heterocycles. The van der Waals surface area contributed by atoms with E-state index in [9.17, 15) is 9.18 Å². The van der Waals surface area contributed by atoms with Gasteiger partial charge in [-0.1, -0.05) is 12.1 Å². The van der Waals surface area contributed by atoms with Crippen molar-refractivity contribution in [3.8, 4) is 0 Å². The summed E-state index contributed by atoms with van der Waals surface area (Å²) in [5.74, 6) is -0.440. The molecular formula is C14H18FNO2. The third-order valence-corrected chi connectivity index (χ3v) is 3.61. The minimum absolute atomic E-state index is 0.0643. The highest BCUT2D eigenvalue weighted by molar-refractivity contribution is 5.81. The molecule has 98 valence electrons. The van der Waals surface area contributed by atoms with Crippen LogP contribution in [-0.4, -0.2) is 32.1 Å². The minimum Gasteiger partial charge on any atom is -0.469 e. The smallest absolute Gasteiger partial charge is 0.313 e. The fourth-order valence-electron chi connectivity index (χ4n) is 2.68. The number of benzene rings is 1. The largest absolute Gasteiger partial charge is 0.469 e. The van der Waals surface area contributed by atoms with Gasteiger partial charge in [0, 0.05) is 0 Å². The van der Waals surface area contributed by atoms with Crippen LogP contribution in [0, 0.1) is 11.2 Å². The Morgan fingerprint density at radius 2 is 1.89 bits per heavy atom. The molecule has 1 fully saturated rings. The lowest BCUT2D eigenvalue weighted by atomic mass is 9.89. The summed E-state index contributed by atoms with van der Waals surface area (Å²) < 4.78 is 17.9. The highest BCUT2D eigenvalue weighted by Gasteiger charge is 2.58. The van der Waals surface area contributed by atoms with Gasteiger partial charge >= 0.3 is 5.97 Å². The molecule has 1 atom stereocenters. The predicted octanol–water partition coefficient (Wildman–Crippen LogP) is 2.38. The normalized spacial score (nSPS) is 18.5. The van der Waals surface area contributed by atoms with E-state index in [-0.39, 0.29) is 17.8 Å². The third kappa shape index (κ3) is 2.12. The van der Waals surface area contributed by atoms with Crippen LogP contribution in [0.1, 0.15) is 24.4 Å². The van der Waals surface area contributed by atoms with Crippen molar-refractivity contribution in [3.05, 3.63) is 35.6 Å². The molecule has 1 aliphatic carbocycles. The molecule has 0 radical (unpaired) electrons. The Balaban J connectivity index is 2.35. The van der Waals surface area contributed by atoms with E-state index in [1.54, 1.807) is 12.1 Å². The summed E-state index contributed by atoms with van der Waals surface area (Å²) in [7, 11) is 5.27. The average molecular weight is 251 g/mol. The number of hydrogen-bond acceptors (Lipinski definition) is 3. The number of halogens is 1. The van der Waals surface area contributed by atoms with Gasteiger partial charge in [-0.2, -0.15) is 0 Å². The highest BCUT2D eigenvalue weighted by Crippen LogP contribution is 2.57. The van der Waals surface area contributed by atoms with Crippen LogP contribution in [0.5, 0.6) is 0 Å². The topological polar surface area (TPSA) is 29.5 Å². The molecule has 1 saturated carbocycles. The second-order valence-electron chi connectivity index (χ2n) is 5.07. The van der Waals surface area contributed by atoms with E-state index in [0.29, 0.717) is 0 Å². The van der Waals surface area contributed by atoms with E-state index in [2.05, 4.69) is 0 Å². The number of carbonyl (C=O) groups is 1. The van der Waals surface area contributed by atoms with E-state index in [4.69, 9.17) is 4.74 Å². The van der Waals surface area contributed by atoms with Crippen molar-refractivity contribution < 1.29 is 13.9 Å². The van der Waals surface area contributed by atoms with E-state index >= 15 is 0 Å². The monoisotopic (exact) mass is 251 g/mol. The van der Waals surface area contributed by atoms with Crippen LogP contribution >= 0.6 is 0 Å². The molecule has 0 bridgehead atoms. The molecule has 1 aromatic rings. The van der Waals surface area contributed by atoms with Crippen LogP contribution in [-0.2, 0) is 9.53 Å². The zero-order chi connectivity index (χ0) is 13.3. The summed E-state index contributed by atoms with van der Waals surface area (Å²) in [5, 5.41) is 0.